The Hall–Kier alpha value is -2.44. The minimum Gasteiger partial charge on any atom is -0.342 e. The maximum Gasteiger partial charge on any atom is 0.225 e. The molecular weight excluding hydrogens is 376 g/mol. The average molecular weight is 409 g/mol. The highest BCUT2D eigenvalue weighted by molar-refractivity contribution is 5.76. The SMILES string of the molecule is O=C(CC1CCCC1)N1CCC[C@@H](c2[nH]ncc2-c2ccnc(N3CCCC3)n2)C1. The van der Waals surface area contributed by atoms with Gasteiger partial charge < -0.3 is 9.80 Å². The molecule has 0 unspecified atom stereocenters. The van der Waals surface area contributed by atoms with E-state index >= 15 is 0 Å². The van der Waals surface area contributed by atoms with Crippen molar-refractivity contribution in [2.75, 3.05) is 31.1 Å². The van der Waals surface area contributed by atoms with Gasteiger partial charge in [0.2, 0.25) is 11.9 Å². The molecule has 5 rings (SSSR count). The predicted octanol–water partition coefficient (Wildman–Crippen LogP) is 3.75. The van der Waals surface area contributed by atoms with Crippen LogP contribution in [0.4, 0.5) is 5.95 Å². The lowest BCUT2D eigenvalue weighted by Crippen LogP contribution is -2.39. The maximum atomic E-state index is 12.9. The third kappa shape index (κ3) is 4.07. The summed E-state index contributed by atoms with van der Waals surface area (Å²) in [5.41, 5.74) is 3.08. The molecule has 0 radical (unpaired) electrons. The number of aromatic amines is 1. The summed E-state index contributed by atoms with van der Waals surface area (Å²) in [4.78, 5) is 26.6. The van der Waals surface area contributed by atoms with Gasteiger partial charge in [-0.25, -0.2) is 9.97 Å². The van der Waals surface area contributed by atoms with Crippen molar-refractivity contribution in [1.82, 2.24) is 25.1 Å². The zero-order valence-corrected chi connectivity index (χ0v) is 17.7. The fourth-order valence-corrected chi connectivity index (χ4v) is 5.41. The van der Waals surface area contributed by atoms with E-state index in [4.69, 9.17) is 4.98 Å². The van der Waals surface area contributed by atoms with Gasteiger partial charge in [-0.2, -0.15) is 5.10 Å². The Balaban J connectivity index is 1.31. The Morgan fingerprint density at radius 1 is 1.07 bits per heavy atom. The molecule has 7 heteroatoms. The molecule has 2 aromatic heterocycles. The first-order valence-electron chi connectivity index (χ1n) is 11.7. The summed E-state index contributed by atoms with van der Waals surface area (Å²) in [5.74, 6) is 2.04. The van der Waals surface area contributed by atoms with Crippen LogP contribution in [0.5, 0.6) is 0 Å². The van der Waals surface area contributed by atoms with E-state index in [1.165, 1.54) is 38.5 Å². The van der Waals surface area contributed by atoms with E-state index in [0.29, 0.717) is 11.8 Å². The van der Waals surface area contributed by atoms with Gasteiger partial charge in [-0.3, -0.25) is 9.89 Å². The van der Waals surface area contributed by atoms with E-state index in [9.17, 15) is 4.79 Å². The molecule has 7 nitrogen and oxygen atoms in total. The molecule has 1 atom stereocenters. The zero-order valence-electron chi connectivity index (χ0n) is 17.7. The Labute approximate surface area is 178 Å². The van der Waals surface area contributed by atoms with Crippen LogP contribution in [0.25, 0.3) is 11.3 Å². The normalized spacial score (nSPS) is 22.7. The van der Waals surface area contributed by atoms with Crippen LogP contribution in [0.1, 0.15) is 69.4 Å². The number of hydrogen-bond acceptors (Lipinski definition) is 5. The van der Waals surface area contributed by atoms with Gasteiger partial charge in [-0.05, 0) is 50.5 Å². The Morgan fingerprint density at radius 3 is 2.73 bits per heavy atom. The fraction of sp³-hybridized carbons (Fsp3) is 0.652. The molecule has 2 aromatic rings. The molecule has 2 saturated heterocycles. The van der Waals surface area contributed by atoms with Crippen LogP contribution in [-0.4, -0.2) is 57.2 Å². The van der Waals surface area contributed by atoms with Gasteiger partial charge in [-0.15, -0.1) is 0 Å². The summed E-state index contributed by atoms with van der Waals surface area (Å²) >= 11 is 0. The molecule has 1 aliphatic carbocycles. The third-order valence-electron chi connectivity index (χ3n) is 7.10. The molecule has 30 heavy (non-hydrogen) atoms. The number of carbonyl (C=O) groups is 1. The Morgan fingerprint density at radius 2 is 1.90 bits per heavy atom. The number of carbonyl (C=O) groups excluding carboxylic acids is 1. The highest BCUT2D eigenvalue weighted by Gasteiger charge is 2.30. The number of likely N-dealkylation sites (tertiary alicyclic amines) is 1. The van der Waals surface area contributed by atoms with E-state index in [-0.39, 0.29) is 5.92 Å². The summed E-state index contributed by atoms with van der Waals surface area (Å²) in [7, 11) is 0. The Kier molecular flexibility index (Phi) is 5.69. The monoisotopic (exact) mass is 408 g/mol. The zero-order chi connectivity index (χ0) is 20.3. The van der Waals surface area contributed by atoms with Gasteiger partial charge in [0.1, 0.15) is 0 Å². The lowest BCUT2D eigenvalue weighted by Gasteiger charge is -2.33. The second kappa shape index (κ2) is 8.74. The fourth-order valence-electron chi connectivity index (χ4n) is 5.41. The maximum absolute atomic E-state index is 12.9. The summed E-state index contributed by atoms with van der Waals surface area (Å²) in [5, 5.41) is 7.59. The van der Waals surface area contributed by atoms with Crippen LogP contribution in [0.3, 0.4) is 0 Å². The highest BCUT2D eigenvalue weighted by atomic mass is 16.2. The molecule has 3 fully saturated rings. The van der Waals surface area contributed by atoms with Gasteiger partial charge in [0.25, 0.3) is 0 Å². The molecular formula is C23H32N6O. The van der Waals surface area contributed by atoms with Crippen LogP contribution in [0.15, 0.2) is 18.5 Å². The minimum absolute atomic E-state index is 0.286. The number of amides is 1. The standard InChI is InChI=1S/C23H32N6O/c30-21(14-17-6-1-2-7-17)29-13-5-8-18(16-29)22-19(15-25-27-22)20-9-10-24-23(26-20)28-11-3-4-12-28/h9-10,15,17-18H,1-8,11-14,16H2,(H,25,27)/t18-/m1/s1. The number of hydrogen-bond donors (Lipinski definition) is 1. The number of aromatic nitrogens is 4. The first-order valence-corrected chi connectivity index (χ1v) is 11.7. The minimum atomic E-state index is 0.286. The van der Waals surface area contributed by atoms with Crippen molar-refractivity contribution in [1.29, 1.82) is 0 Å². The second-order valence-corrected chi connectivity index (χ2v) is 9.17. The number of nitrogens with one attached hydrogen (secondary N) is 1. The molecule has 1 saturated carbocycles. The second-order valence-electron chi connectivity index (χ2n) is 9.17. The molecule has 0 aromatic carbocycles. The van der Waals surface area contributed by atoms with Gasteiger partial charge >= 0.3 is 0 Å². The van der Waals surface area contributed by atoms with Crippen molar-refractivity contribution in [3.63, 3.8) is 0 Å². The van der Waals surface area contributed by atoms with Crippen LogP contribution in [0.2, 0.25) is 0 Å². The molecule has 3 aliphatic rings. The summed E-state index contributed by atoms with van der Waals surface area (Å²) in [6.45, 7) is 3.73. The van der Waals surface area contributed by atoms with Crippen molar-refractivity contribution >= 4 is 11.9 Å². The molecule has 1 amide bonds. The number of rotatable bonds is 5. The highest BCUT2D eigenvalue weighted by Crippen LogP contribution is 2.34. The van der Waals surface area contributed by atoms with Crippen LogP contribution < -0.4 is 4.90 Å². The molecule has 4 heterocycles. The Bertz CT molecular complexity index is 868. The van der Waals surface area contributed by atoms with Crippen LogP contribution in [-0.2, 0) is 4.79 Å². The largest absolute Gasteiger partial charge is 0.342 e. The molecule has 2 aliphatic heterocycles. The van der Waals surface area contributed by atoms with Crippen molar-refractivity contribution in [2.45, 2.75) is 63.7 Å². The average Bonchev–Trinajstić information content (AvgIpc) is 3.56. The molecule has 0 bridgehead atoms. The van der Waals surface area contributed by atoms with E-state index in [2.05, 4.69) is 25.0 Å². The van der Waals surface area contributed by atoms with Crippen LogP contribution in [0, 0.1) is 5.92 Å². The number of H-pyrrole nitrogens is 1. The number of piperidine rings is 1. The molecule has 1 N–H and O–H groups in total. The quantitative estimate of drug-likeness (QED) is 0.815. The predicted molar refractivity (Wildman–Crippen MR) is 116 cm³/mol. The van der Waals surface area contributed by atoms with Crippen LogP contribution >= 0.6 is 0 Å². The van der Waals surface area contributed by atoms with Crippen molar-refractivity contribution in [3.8, 4) is 11.3 Å². The van der Waals surface area contributed by atoms with Gasteiger partial charge in [0.05, 0.1) is 11.9 Å². The van der Waals surface area contributed by atoms with Gasteiger partial charge in [0.15, 0.2) is 0 Å². The first kappa shape index (κ1) is 19.5. The van der Waals surface area contributed by atoms with Gasteiger partial charge in [0, 0.05) is 56.0 Å². The van der Waals surface area contributed by atoms with Crippen molar-refractivity contribution in [2.24, 2.45) is 5.92 Å². The van der Waals surface area contributed by atoms with Crippen molar-refractivity contribution < 1.29 is 4.79 Å². The number of nitrogens with zero attached hydrogens (tertiary/aromatic N) is 5. The summed E-state index contributed by atoms with van der Waals surface area (Å²) in [6.07, 6.45) is 14.0. The molecule has 160 valence electrons. The third-order valence-corrected chi connectivity index (χ3v) is 7.10. The van der Waals surface area contributed by atoms with E-state index in [0.717, 1.165) is 68.3 Å². The topological polar surface area (TPSA) is 78.0 Å². The van der Waals surface area contributed by atoms with E-state index < -0.39 is 0 Å². The van der Waals surface area contributed by atoms with Crippen molar-refractivity contribution in [3.05, 3.63) is 24.2 Å². The van der Waals surface area contributed by atoms with Gasteiger partial charge in [-0.1, -0.05) is 12.8 Å². The lowest BCUT2D eigenvalue weighted by atomic mass is 9.91. The van der Waals surface area contributed by atoms with E-state index in [1.54, 1.807) is 0 Å². The number of anilines is 1. The molecule has 0 spiro atoms. The van der Waals surface area contributed by atoms with E-state index in [1.807, 2.05) is 18.5 Å². The smallest absolute Gasteiger partial charge is 0.225 e. The summed E-state index contributed by atoms with van der Waals surface area (Å²) < 4.78 is 0. The summed E-state index contributed by atoms with van der Waals surface area (Å²) in [6, 6.07) is 1.97. The lowest BCUT2D eigenvalue weighted by molar-refractivity contribution is -0.133. The first-order chi connectivity index (χ1) is 14.8.